The van der Waals surface area contributed by atoms with E-state index < -0.39 is 0 Å². The summed E-state index contributed by atoms with van der Waals surface area (Å²) in [4.78, 5) is 0. The van der Waals surface area contributed by atoms with Crippen molar-refractivity contribution < 1.29 is 5.11 Å². The molecular formula is C10H21NO. The lowest BCUT2D eigenvalue weighted by atomic mass is 9.89. The van der Waals surface area contributed by atoms with E-state index in [0.29, 0.717) is 12.1 Å². The molecule has 0 aromatic carbocycles. The zero-order valence-corrected chi connectivity index (χ0v) is 8.21. The fourth-order valence-electron chi connectivity index (χ4n) is 1.72. The Labute approximate surface area is 75.4 Å². The van der Waals surface area contributed by atoms with Gasteiger partial charge < -0.3 is 10.4 Å². The Hall–Kier alpha value is -0.0800. The summed E-state index contributed by atoms with van der Waals surface area (Å²) in [6.45, 7) is 4.46. The Morgan fingerprint density at radius 3 is 2.67 bits per heavy atom. The molecule has 1 saturated carbocycles. The van der Waals surface area contributed by atoms with Crippen LogP contribution in [-0.4, -0.2) is 23.3 Å². The molecule has 2 nitrogen and oxygen atoms in total. The van der Waals surface area contributed by atoms with Crippen LogP contribution in [-0.2, 0) is 0 Å². The first-order chi connectivity index (χ1) is 5.72. The number of hydrogen-bond donors (Lipinski definition) is 2. The van der Waals surface area contributed by atoms with Crippen LogP contribution in [0, 0.1) is 0 Å². The lowest BCUT2D eigenvalue weighted by molar-refractivity contribution is 0.0581. The highest BCUT2D eigenvalue weighted by Gasteiger charge is 2.27. The molecule has 0 heterocycles. The average Bonchev–Trinajstić information content (AvgIpc) is 1.98. The van der Waals surface area contributed by atoms with Gasteiger partial charge in [0.25, 0.3) is 0 Å². The quantitative estimate of drug-likeness (QED) is 0.659. The van der Waals surface area contributed by atoms with Crippen molar-refractivity contribution in [3.63, 3.8) is 0 Å². The van der Waals surface area contributed by atoms with E-state index in [9.17, 15) is 0 Å². The second-order valence-corrected chi connectivity index (χ2v) is 4.03. The molecule has 72 valence electrons. The molecule has 0 radical (unpaired) electrons. The maximum absolute atomic E-state index is 9.07. The SMILES string of the molecule is CCCCC(C)NC1CC(O)C1. The molecule has 1 rings (SSSR count). The molecule has 0 bridgehead atoms. The van der Waals surface area contributed by atoms with Crippen LogP contribution in [0.4, 0.5) is 0 Å². The molecule has 2 heteroatoms. The van der Waals surface area contributed by atoms with E-state index in [-0.39, 0.29) is 6.10 Å². The topological polar surface area (TPSA) is 32.3 Å². The van der Waals surface area contributed by atoms with Crippen molar-refractivity contribution in [2.75, 3.05) is 0 Å². The summed E-state index contributed by atoms with van der Waals surface area (Å²) >= 11 is 0. The Balaban J connectivity index is 1.98. The van der Waals surface area contributed by atoms with Gasteiger partial charge in [0.1, 0.15) is 0 Å². The van der Waals surface area contributed by atoms with Crippen molar-refractivity contribution >= 4 is 0 Å². The van der Waals surface area contributed by atoms with Crippen LogP contribution in [0.1, 0.15) is 46.0 Å². The third-order valence-electron chi connectivity index (χ3n) is 2.62. The molecule has 12 heavy (non-hydrogen) atoms. The highest BCUT2D eigenvalue weighted by atomic mass is 16.3. The number of unbranched alkanes of at least 4 members (excludes halogenated alkanes) is 1. The summed E-state index contributed by atoms with van der Waals surface area (Å²) < 4.78 is 0. The summed E-state index contributed by atoms with van der Waals surface area (Å²) in [5, 5.41) is 12.6. The van der Waals surface area contributed by atoms with Gasteiger partial charge in [-0.1, -0.05) is 19.8 Å². The molecule has 0 amide bonds. The summed E-state index contributed by atoms with van der Waals surface area (Å²) in [7, 11) is 0. The molecule has 0 aliphatic heterocycles. The lowest BCUT2D eigenvalue weighted by Crippen LogP contribution is -2.47. The minimum Gasteiger partial charge on any atom is -0.393 e. The molecule has 1 aliphatic rings. The van der Waals surface area contributed by atoms with Crippen LogP contribution in [0.15, 0.2) is 0 Å². The first-order valence-corrected chi connectivity index (χ1v) is 5.16. The minimum absolute atomic E-state index is 0.0270. The highest BCUT2D eigenvalue weighted by molar-refractivity contribution is 4.86. The normalized spacial score (nSPS) is 31.2. The van der Waals surface area contributed by atoms with Gasteiger partial charge in [0.05, 0.1) is 6.10 Å². The van der Waals surface area contributed by atoms with Crippen LogP contribution in [0.25, 0.3) is 0 Å². The zero-order valence-electron chi connectivity index (χ0n) is 8.21. The number of aliphatic hydroxyl groups is 1. The fraction of sp³-hybridized carbons (Fsp3) is 1.00. The average molecular weight is 171 g/mol. The first kappa shape index (κ1) is 10.0. The Kier molecular flexibility index (Phi) is 4.02. The lowest BCUT2D eigenvalue weighted by Gasteiger charge is -2.34. The van der Waals surface area contributed by atoms with Crippen molar-refractivity contribution in [3.8, 4) is 0 Å². The van der Waals surface area contributed by atoms with Crippen LogP contribution in [0.5, 0.6) is 0 Å². The van der Waals surface area contributed by atoms with Gasteiger partial charge in [0.2, 0.25) is 0 Å². The van der Waals surface area contributed by atoms with Crippen LogP contribution >= 0.6 is 0 Å². The van der Waals surface area contributed by atoms with Crippen molar-refractivity contribution in [1.82, 2.24) is 5.32 Å². The maximum atomic E-state index is 9.07. The number of aliphatic hydroxyl groups excluding tert-OH is 1. The van der Waals surface area contributed by atoms with E-state index in [4.69, 9.17) is 5.11 Å². The first-order valence-electron chi connectivity index (χ1n) is 5.16. The summed E-state index contributed by atoms with van der Waals surface area (Å²) in [6, 6.07) is 1.22. The minimum atomic E-state index is -0.0270. The molecule has 0 spiro atoms. The molecule has 1 fully saturated rings. The Morgan fingerprint density at radius 2 is 2.17 bits per heavy atom. The number of rotatable bonds is 5. The zero-order chi connectivity index (χ0) is 8.97. The third-order valence-corrected chi connectivity index (χ3v) is 2.62. The van der Waals surface area contributed by atoms with Crippen molar-refractivity contribution in [3.05, 3.63) is 0 Å². The Bertz CT molecular complexity index is 121. The number of hydrogen-bond acceptors (Lipinski definition) is 2. The standard InChI is InChI=1S/C10H21NO/c1-3-4-5-8(2)11-9-6-10(12)7-9/h8-12H,3-7H2,1-2H3. The van der Waals surface area contributed by atoms with E-state index >= 15 is 0 Å². The second-order valence-electron chi connectivity index (χ2n) is 4.03. The second kappa shape index (κ2) is 4.83. The largest absolute Gasteiger partial charge is 0.393 e. The van der Waals surface area contributed by atoms with Crippen LogP contribution in [0.2, 0.25) is 0 Å². The molecule has 0 aromatic rings. The van der Waals surface area contributed by atoms with Gasteiger partial charge in [-0.2, -0.15) is 0 Å². The van der Waals surface area contributed by atoms with Gasteiger partial charge in [-0.15, -0.1) is 0 Å². The molecular weight excluding hydrogens is 150 g/mol. The van der Waals surface area contributed by atoms with Crippen molar-refractivity contribution in [2.24, 2.45) is 0 Å². The maximum Gasteiger partial charge on any atom is 0.0570 e. The Morgan fingerprint density at radius 1 is 1.50 bits per heavy atom. The monoisotopic (exact) mass is 171 g/mol. The third kappa shape index (κ3) is 3.11. The van der Waals surface area contributed by atoms with Gasteiger partial charge in [-0.3, -0.25) is 0 Å². The van der Waals surface area contributed by atoms with Crippen LogP contribution < -0.4 is 5.32 Å². The predicted molar refractivity (Wildman–Crippen MR) is 51.2 cm³/mol. The van der Waals surface area contributed by atoms with E-state index in [2.05, 4.69) is 19.2 Å². The van der Waals surface area contributed by atoms with Gasteiger partial charge in [0.15, 0.2) is 0 Å². The van der Waals surface area contributed by atoms with Crippen LogP contribution in [0.3, 0.4) is 0 Å². The molecule has 1 aliphatic carbocycles. The van der Waals surface area contributed by atoms with Gasteiger partial charge in [0, 0.05) is 12.1 Å². The van der Waals surface area contributed by atoms with Gasteiger partial charge in [-0.25, -0.2) is 0 Å². The summed E-state index contributed by atoms with van der Waals surface area (Å²) in [5.74, 6) is 0. The van der Waals surface area contributed by atoms with Crippen molar-refractivity contribution in [2.45, 2.75) is 64.1 Å². The van der Waals surface area contributed by atoms with Gasteiger partial charge in [-0.05, 0) is 26.2 Å². The molecule has 2 N–H and O–H groups in total. The molecule has 1 atom stereocenters. The molecule has 0 aromatic heterocycles. The number of nitrogens with one attached hydrogen (secondary N) is 1. The van der Waals surface area contributed by atoms with E-state index in [1.165, 1.54) is 19.3 Å². The smallest absolute Gasteiger partial charge is 0.0570 e. The fourth-order valence-corrected chi connectivity index (χ4v) is 1.72. The highest BCUT2D eigenvalue weighted by Crippen LogP contribution is 2.20. The van der Waals surface area contributed by atoms with E-state index in [0.717, 1.165) is 12.8 Å². The van der Waals surface area contributed by atoms with Gasteiger partial charge >= 0.3 is 0 Å². The predicted octanol–water partition coefficient (Wildman–Crippen LogP) is 1.68. The van der Waals surface area contributed by atoms with E-state index in [1.54, 1.807) is 0 Å². The van der Waals surface area contributed by atoms with E-state index in [1.807, 2.05) is 0 Å². The summed E-state index contributed by atoms with van der Waals surface area (Å²) in [5.41, 5.74) is 0. The molecule has 0 saturated heterocycles. The van der Waals surface area contributed by atoms with Crippen molar-refractivity contribution in [1.29, 1.82) is 0 Å². The molecule has 1 unspecified atom stereocenters. The summed E-state index contributed by atoms with van der Waals surface area (Å²) in [6.07, 6.45) is 5.74.